The molecule has 3 rings (SSSR count). The number of carbonyl (C=O) groups is 1. The zero-order valence-electron chi connectivity index (χ0n) is 16.1. The number of hydrogen-bond donors (Lipinski definition) is 0. The molecule has 0 spiro atoms. The highest BCUT2D eigenvalue weighted by molar-refractivity contribution is 5.93. The number of benzene rings is 1. The minimum absolute atomic E-state index is 0.0612. The van der Waals surface area contributed by atoms with Gasteiger partial charge < -0.3 is 14.7 Å². The quantitative estimate of drug-likeness (QED) is 0.781. The number of halogens is 1. The predicted molar refractivity (Wildman–Crippen MR) is 107 cm³/mol. The van der Waals surface area contributed by atoms with Gasteiger partial charge in [0.05, 0.1) is 5.69 Å². The van der Waals surface area contributed by atoms with Crippen molar-refractivity contribution < 1.29 is 9.18 Å². The molecule has 2 heterocycles. The van der Waals surface area contributed by atoms with Crippen LogP contribution in [0.2, 0.25) is 0 Å². The van der Waals surface area contributed by atoms with Gasteiger partial charge in [-0.2, -0.15) is 0 Å². The Bertz CT molecular complexity index is 774. The number of amides is 1. The zero-order valence-corrected chi connectivity index (χ0v) is 16.1. The molecule has 1 amide bonds. The molecule has 1 fully saturated rings. The summed E-state index contributed by atoms with van der Waals surface area (Å²) in [6.45, 7) is 5.47. The van der Waals surface area contributed by atoms with Gasteiger partial charge in [0, 0.05) is 51.7 Å². The van der Waals surface area contributed by atoms with E-state index in [1.165, 1.54) is 6.07 Å². The third-order valence-corrected chi connectivity index (χ3v) is 5.01. The van der Waals surface area contributed by atoms with Crippen LogP contribution in [-0.2, 0) is 0 Å². The fraction of sp³-hybridized carbons (Fsp3) is 0.429. The molecule has 0 bridgehead atoms. The first-order valence-corrected chi connectivity index (χ1v) is 9.56. The number of unbranched alkanes of at least 4 members (excludes halogenated alkanes) is 1. The average Bonchev–Trinajstić information content (AvgIpc) is 2.72. The van der Waals surface area contributed by atoms with E-state index in [0.717, 1.165) is 25.1 Å². The third kappa shape index (κ3) is 4.56. The highest BCUT2D eigenvalue weighted by atomic mass is 19.1. The Hall–Kier alpha value is -2.63. The second-order valence-electron chi connectivity index (χ2n) is 6.91. The minimum Gasteiger partial charge on any atom is -0.374 e. The molecule has 5 nitrogen and oxygen atoms in total. The Morgan fingerprint density at radius 1 is 1.19 bits per heavy atom. The normalized spacial score (nSPS) is 14.3. The van der Waals surface area contributed by atoms with Crippen LogP contribution in [-0.4, -0.2) is 55.6 Å². The first kappa shape index (κ1) is 19.1. The molecule has 0 N–H and O–H groups in total. The number of carbonyl (C=O) groups excluding carboxylic acids is 1. The van der Waals surface area contributed by atoms with Crippen LogP contribution in [0, 0.1) is 5.82 Å². The molecule has 27 heavy (non-hydrogen) atoms. The lowest BCUT2D eigenvalue weighted by molar-refractivity contribution is 0.0741. The van der Waals surface area contributed by atoms with Crippen molar-refractivity contribution in [3.05, 3.63) is 54.1 Å². The molecule has 1 aromatic heterocycles. The van der Waals surface area contributed by atoms with Gasteiger partial charge in [0.25, 0.3) is 5.91 Å². The van der Waals surface area contributed by atoms with Crippen LogP contribution in [0.1, 0.15) is 30.3 Å². The summed E-state index contributed by atoms with van der Waals surface area (Å²) < 4.78 is 14.0. The lowest BCUT2D eigenvalue weighted by atomic mass is 10.2. The summed E-state index contributed by atoms with van der Waals surface area (Å²) in [7, 11) is 2.03. The van der Waals surface area contributed by atoms with E-state index in [2.05, 4.69) is 16.8 Å². The van der Waals surface area contributed by atoms with Crippen LogP contribution in [0.25, 0.3) is 0 Å². The summed E-state index contributed by atoms with van der Waals surface area (Å²) in [6.07, 6.45) is 3.94. The number of pyridine rings is 1. The van der Waals surface area contributed by atoms with Gasteiger partial charge in [-0.1, -0.05) is 25.5 Å². The third-order valence-electron chi connectivity index (χ3n) is 5.01. The second kappa shape index (κ2) is 8.84. The summed E-state index contributed by atoms with van der Waals surface area (Å²) in [5.41, 5.74) is 2.07. The zero-order chi connectivity index (χ0) is 19.2. The van der Waals surface area contributed by atoms with Crippen molar-refractivity contribution in [2.75, 3.05) is 49.6 Å². The van der Waals surface area contributed by atoms with Crippen LogP contribution in [0.15, 0.2) is 42.6 Å². The standard InChI is InChI=1S/C21H27FN4O/c1-3-4-11-24(2)17-9-10-23-19(16-17)21(27)26-14-12-25(13-15-26)20-8-6-5-7-18(20)22/h5-10,16H,3-4,11-15H2,1-2H3. The fourth-order valence-electron chi connectivity index (χ4n) is 3.32. The topological polar surface area (TPSA) is 39.7 Å². The minimum atomic E-state index is -0.221. The summed E-state index contributed by atoms with van der Waals surface area (Å²) in [5, 5.41) is 0. The van der Waals surface area contributed by atoms with Crippen LogP contribution in [0.5, 0.6) is 0 Å². The highest BCUT2D eigenvalue weighted by Crippen LogP contribution is 2.21. The summed E-state index contributed by atoms with van der Waals surface area (Å²) in [4.78, 5) is 23.1. The van der Waals surface area contributed by atoms with E-state index in [1.54, 1.807) is 23.2 Å². The number of piperazine rings is 1. The van der Waals surface area contributed by atoms with Gasteiger partial charge >= 0.3 is 0 Å². The molecule has 0 atom stereocenters. The molecule has 1 aliphatic heterocycles. The molecule has 1 saturated heterocycles. The molecule has 144 valence electrons. The average molecular weight is 370 g/mol. The van der Waals surface area contributed by atoms with Gasteiger partial charge in [0.2, 0.25) is 0 Å². The number of anilines is 2. The van der Waals surface area contributed by atoms with Crippen LogP contribution in [0.4, 0.5) is 15.8 Å². The lowest BCUT2D eigenvalue weighted by Gasteiger charge is -2.36. The van der Waals surface area contributed by atoms with Crippen LogP contribution >= 0.6 is 0 Å². The summed E-state index contributed by atoms with van der Waals surface area (Å²) >= 11 is 0. The number of nitrogens with zero attached hydrogens (tertiary/aromatic N) is 4. The van der Waals surface area contributed by atoms with Crippen molar-refractivity contribution in [1.29, 1.82) is 0 Å². The van der Waals surface area contributed by atoms with Crippen molar-refractivity contribution in [1.82, 2.24) is 9.88 Å². The number of rotatable bonds is 6. The Morgan fingerprint density at radius 3 is 2.63 bits per heavy atom. The molecule has 1 aromatic carbocycles. The number of aromatic nitrogens is 1. The highest BCUT2D eigenvalue weighted by Gasteiger charge is 2.24. The number of hydrogen-bond acceptors (Lipinski definition) is 4. The van der Waals surface area contributed by atoms with Crippen LogP contribution in [0.3, 0.4) is 0 Å². The van der Waals surface area contributed by atoms with E-state index < -0.39 is 0 Å². The molecule has 0 radical (unpaired) electrons. The largest absolute Gasteiger partial charge is 0.374 e. The predicted octanol–water partition coefficient (Wildman–Crippen LogP) is 3.42. The molecule has 2 aromatic rings. The van der Waals surface area contributed by atoms with Gasteiger partial charge in [-0.15, -0.1) is 0 Å². The monoisotopic (exact) mass is 370 g/mol. The van der Waals surface area contributed by atoms with E-state index >= 15 is 0 Å². The molecule has 6 heteroatoms. The van der Waals surface area contributed by atoms with Crippen molar-refractivity contribution in [2.45, 2.75) is 19.8 Å². The van der Waals surface area contributed by atoms with Gasteiger partial charge in [0.15, 0.2) is 0 Å². The Balaban J connectivity index is 1.63. The molecule has 1 aliphatic rings. The second-order valence-corrected chi connectivity index (χ2v) is 6.91. The Morgan fingerprint density at radius 2 is 1.93 bits per heavy atom. The maximum absolute atomic E-state index is 14.0. The maximum Gasteiger partial charge on any atom is 0.272 e. The van der Waals surface area contributed by atoms with E-state index in [4.69, 9.17) is 0 Å². The first-order chi connectivity index (χ1) is 13.1. The summed E-state index contributed by atoms with van der Waals surface area (Å²) in [6, 6.07) is 10.6. The van der Waals surface area contributed by atoms with Crippen molar-refractivity contribution in [3.63, 3.8) is 0 Å². The van der Waals surface area contributed by atoms with E-state index in [1.807, 2.05) is 30.1 Å². The molecule has 0 unspecified atom stereocenters. The van der Waals surface area contributed by atoms with Gasteiger partial charge in [-0.05, 0) is 30.7 Å². The van der Waals surface area contributed by atoms with E-state index in [-0.39, 0.29) is 11.7 Å². The van der Waals surface area contributed by atoms with Crippen LogP contribution < -0.4 is 9.80 Å². The molecule has 0 saturated carbocycles. The smallest absolute Gasteiger partial charge is 0.272 e. The van der Waals surface area contributed by atoms with Crippen molar-refractivity contribution in [3.8, 4) is 0 Å². The van der Waals surface area contributed by atoms with Gasteiger partial charge in [-0.25, -0.2) is 4.39 Å². The van der Waals surface area contributed by atoms with Crippen molar-refractivity contribution >= 4 is 17.3 Å². The maximum atomic E-state index is 14.0. The van der Waals surface area contributed by atoms with Gasteiger partial charge in [-0.3, -0.25) is 9.78 Å². The van der Waals surface area contributed by atoms with E-state index in [9.17, 15) is 9.18 Å². The lowest BCUT2D eigenvalue weighted by Crippen LogP contribution is -2.49. The Kier molecular flexibility index (Phi) is 6.27. The molecule has 0 aliphatic carbocycles. The summed E-state index contributed by atoms with van der Waals surface area (Å²) in [5.74, 6) is -0.282. The van der Waals surface area contributed by atoms with Crippen molar-refractivity contribution in [2.24, 2.45) is 0 Å². The van der Waals surface area contributed by atoms with Gasteiger partial charge in [0.1, 0.15) is 11.5 Å². The number of para-hydroxylation sites is 1. The fourth-order valence-corrected chi connectivity index (χ4v) is 3.32. The Labute approximate surface area is 160 Å². The first-order valence-electron chi connectivity index (χ1n) is 9.56. The molecular weight excluding hydrogens is 343 g/mol. The van der Waals surface area contributed by atoms with E-state index in [0.29, 0.717) is 37.6 Å². The molecular formula is C21H27FN4O. The SMILES string of the molecule is CCCCN(C)c1ccnc(C(=O)N2CCN(c3ccccc3F)CC2)c1.